The number of anilines is 1. The molecule has 5 heteroatoms. The normalized spacial score (nSPS) is 25.8. The fourth-order valence-electron chi connectivity index (χ4n) is 5.04. The second-order valence-corrected chi connectivity index (χ2v) is 8.67. The quantitative estimate of drug-likeness (QED) is 0.790. The number of aromatic nitrogens is 1. The van der Waals surface area contributed by atoms with Crippen LogP contribution in [-0.2, 0) is 17.8 Å². The van der Waals surface area contributed by atoms with Crippen LogP contribution >= 0.6 is 0 Å². The Balaban J connectivity index is 1.52. The van der Waals surface area contributed by atoms with Crippen LogP contribution in [0.1, 0.15) is 62.6 Å². The number of piperidine rings is 1. The van der Waals surface area contributed by atoms with E-state index in [1.54, 1.807) is 0 Å². The van der Waals surface area contributed by atoms with Crippen LogP contribution in [-0.4, -0.2) is 45.9 Å². The van der Waals surface area contributed by atoms with Gasteiger partial charge in [-0.25, -0.2) is 4.98 Å². The topological polar surface area (TPSA) is 56.7 Å². The number of nitrogens with zero attached hydrogens (tertiary/aromatic N) is 3. The first kappa shape index (κ1) is 20.3. The van der Waals surface area contributed by atoms with Gasteiger partial charge >= 0.3 is 0 Å². The lowest BCUT2D eigenvalue weighted by Crippen LogP contribution is -2.48. The van der Waals surface area contributed by atoms with Crippen molar-refractivity contribution in [2.45, 2.75) is 76.5 Å². The molecular formula is C24H33N3O2. The van der Waals surface area contributed by atoms with Crippen LogP contribution in [0.5, 0.6) is 0 Å². The minimum absolute atomic E-state index is 0.0893. The number of pyridine rings is 1. The monoisotopic (exact) mass is 395 g/mol. The Morgan fingerprint density at radius 1 is 1.10 bits per heavy atom. The second kappa shape index (κ2) is 9.23. The van der Waals surface area contributed by atoms with Gasteiger partial charge in [0.2, 0.25) is 0 Å². The van der Waals surface area contributed by atoms with E-state index in [1.807, 2.05) is 12.1 Å². The number of carbonyl (C=O) groups is 1. The molecule has 1 fully saturated rings. The van der Waals surface area contributed by atoms with Crippen molar-refractivity contribution in [1.82, 2.24) is 9.88 Å². The lowest BCUT2D eigenvalue weighted by Gasteiger charge is -2.42. The van der Waals surface area contributed by atoms with Crippen molar-refractivity contribution in [1.29, 1.82) is 0 Å². The third kappa shape index (κ3) is 4.62. The molecule has 0 saturated carbocycles. The maximum Gasteiger partial charge on any atom is 0.143 e. The van der Waals surface area contributed by atoms with Gasteiger partial charge in [-0.1, -0.05) is 37.6 Å². The molecule has 0 amide bonds. The Morgan fingerprint density at radius 3 is 2.72 bits per heavy atom. The van der Waals surface area contributed by atoms with E-state index in [0.29, 0.717) is 30.6 Å². The zero-order chi connectivity index (χ0) is 20.2. The molecule has 0 radical (unpaired) electrons. The largest absolute Gasteiger partial charge is 0.390 e. The average Bonchev–Trinajstić information content (AvgIpc) is 2.82. The number of fused-ring (bicyclic) bond motifs is 1. The first-order chi connectivity index (χ1) is 14.2. The van der Waals surface area contributed by atoms with E-state index in [1.165, 1.54) is 32.1 Å². The number of aliphatic hydroxyl groups excluding tert-OH is 1. The van der Waals surface area contributed by atoms with Crippen molar-refractivity contribution >= 4 is 11.6 Å². The molecule has 1 saturated heterocycles. The van der Waals surface area contributed by atoms with E-state index < -0.39 is 0 Å². The van der Waals surface area contributed by atoms with Crippen LogP contribution in [0, 0.1) is 0 Å². The predicted molar refractivity (Wildman–Crippen MR) is 116 cm³/mol. The van der Waals surface area contributed by atoms with Gasteiger partial charge in [0.25, 0.3) is 0 Å². The number of carbonyl (C=O) groups excluding carboxylic acids is 1. The fraction of sp³-hybridized carbons (Fsp3) is 0.583. The lowest BCUT2D eigenvalue weighted by atomic mass is 9.96. The summed E-state index contributed by atoms with van der Waals surface area (Å²) in [5, 5.41) is 9.56. The van der Waals surface area contributed by atoms with Gasteiger partial charge in [0.15, 0.2) is 0 Å². The Bertz CT molecular complexity index is 780. The van der Waals surface area contributed by atoms with E-state index in [9.17, 15) is 9.90 Å². The molecule has 1 aromatic heterocycles. The van der Waals surface area contributed by atoms with E-state index >= 15 is 0 Å². The molecule has 1 aliphatic carbocycles. The first-order valence-electron chi connectivity index (χ1n) is 11.1. The number of hydrogen-bond acceptors (Lipinski definition) is 5. The van der Waals surface area contributed by atoms with Gasteiger partial charge in [0.05, 0.1) is 12.3 Å². The number of allylic oxidation sites excluding steroid dienone is 2. The van der Waals surface area contributed by atoms with Gasteiger partial charge < -0.3 is 10.0 Å². The Morgan fingerprint density at radius 2 is 1.93 bits per heavy atom. The van der Waals surface area contributed by atoms with Crippen molar-refractivity contribution in [3.05, 3.63) is 47.8 Å². The maximum atomic E-state index is 12.4. The third-order valence-electron chi connectivity index (χ3n) is 6.60. The summed E-state index contributed by atoms with van der Waals surface area (Å²) in [4.78, 5) is 21.9. The summed E-state index contributed by atoms with van der Waals surface area (Å²) < 4.78 is 0. The smallest absolute Gasteiger partial charge is 0.143 e. The molecule has 1 aromatic rings. The van der Waals surface area contributed by atoms with Crippen molar-refractivity contribution in [3.63, 3.8) is 0 Å². The molecule has 0 spiro atoms. The highest BCUT2D eigenvalue weighted by Crippen LogP contribution is 2.34. The van der Waals surface area contributed by atoms with Crippen LogP contribution in [0.2, 0.25) is 0 Å². The summed E-state index contributed by atoms with van der Waals surface area (Å²) in [7, 11) is 0. The van der Waals surface area contributed by atoms with Gasteiger partial charge in [-0.3, -0.25) is 9.69 Å². The average molecular weight is 396 g/mol. The maximum absolute atomic E-state index is 12.4. The van der Waals surface area contributed by atoms with E-state index in [-0.39, 0.29) is 12.4 Å². The van der Waals surface area contributed by atoms with Crippen LogP contribution in [0.4, 0.5) is 5.82 Å². The number of ketones is 1. The third-order valence-corrected chi connectivity index (χ3v) is 6.60. The van der Waals surface area contributed by atoms with Gasteiger partial charge in [-0.15, -0.1) is 0 Å². The summed E-state index contributed by atoms with van der Waals surface area (Å²) in [5.74, 6) is 1.02. The van der Waals surface area contributed by atoms with Gasteiger partial charge in [-0.05, 0) is 38.2 Å². The number of aliphatic hydroxyl groups is 1. The molecule has 29 heavy (non-hydrogen) atoms. The Hall–Kier alpha value is -1.98. The number of rotatable bonds is 3. The lowest BCUT2D eigenvalue weighted by molar-refractivity contribution is -0.117. The minimum atomic E-state index is -0.0893. The molecular weight excluding hydrogens is 362 g/mol. The van der Waals surface area contributed by atoms with Crippen LogP contribution < -0.4 is 4.90 Å². The standard InChI is InChI=1S/C24H33N3O2/c1-18-15-23(29)16-19-9-10-20(17-28)25-24(19)27(18)22-11-13-26(14-12-22)21-7-5-3-2-4-6-8-21/h5,7,9-10,21-22,28H,1-4,6,8,11-17H2/b7-5-. The highest BCUT2D eigenvalue weighted by molar-refractivity contribution is 5.87. The predicted octanol–water partition coefficient (Wildman–Crippen LogP) is 3.76. The molecule has 1 atom stereocenters. The molecule has 3 heterocycles. The van der Waals surface area contributed by atoms with Crippen LogP contribution in [0.25, 0.3) is 0 Å². The van der Waals surface area contributed by atoms with E-state index in [4.69, 9.17) is 4.98 Å². The molecule has 1 unspecified atom stereocenters. The SMILES string of the molecule is C=C1CC(=O)Cc2ccc(CO)nc2N1C1CCN(C2/C=C\CCCCC2)CC1. The van der Waals surface area contributed by atoms with E-state index in [2.05, 4.69) is 28.5 Å². The number of likely N-dealkylation sites (tertiary alicyclic amines) is 1. The molecule has 0 bridgehead atoms. The number of Topliss-reactive ketones (excluding diaryl/α,β-unsaturated/α-hetero) is 1. The molecule has 5 nitrogen and oxygen atoms in total. The fourth-order valence-corrected chi connectivity index (χ4v) is 5.04. The van der Waals surface area contributed by atoms with Crippen molar-refractivity contribution < 1.29 is 9.90 Å². The van der Waals surface area contributed by atoms with Crippen molar-refractivity contribution in [2.75, 3.05) is 18.0 Å². The summed E-state index contributed by atoms with van der Waals surface area (Å²) >= 11 is 0. The number of hydrogen-bond donors (Lipinski definition) is 1. The Labute approximate surface area is 174 Å². The van der Waals surface area contributed by atoms with Crippen molar-refractivity contribution in [2.24, 2.45) is 0 Å². The molecule has 0 aromatic carbocycles. The summed E-state index contributed by atoms with van der Waals surface area (Å²) in [5.41, 5.74) is 2.45. The highest BCUT2D eigenvalue weighted by Gasteiger charge is 2.33. The summed E-state index contributed by atoms with van der Waals surface area (Å²) in [6.07, 6.45) is 14.1. The van der Waals surface area contributed by atoms with Gasteiger partial charge in [0, 0.05) is 49.3 Å². The summed E-state index contributed by atoms with van der Waals surface area (Å²) in [6, 6.07) is 4.65. The zero-order valence-corrected chi connectivity index (χ0v) is 17.4. The molecule has 3 aliphatic rings. The van der Waals surface area contributed by atoms with Crippen LogP contribution in [0.15, 0.2) is 36.6 Å². The Kier molecular flexibility index (Phi) is 6.46. The van der Waals surface area contributed by atoms with Gasteiger partial charge in [0.1, 0.15) is 11.6 Å². The zero-order valence-electron chi connectivity index (χ0n) is 17.4. The molecule has 1 N–H and O–H groups in total. The van der Waals surface area contributed by atoms with E-state index in [0.717, 1.165) is 43.0 Å². The first-order valence-corrected chi connectivity index (χ1v) is 11.1. The molecule has 4 rings (SSSR count). The molecule has 2 aliphatic heterocycles. The van der Waals surface area contributed by atoms with Crippen LogP contribution in [0.3, 0.4) is 0 Å². The second-order valence-electron chi connectivity index (χ2n) is 8.67. The summed E-state index contributed by atoms with van der Waals surface area (Å²) in [6.45, 7) is 6.28. The van der Waals surface area contributed by atoms with Crippen molar-refractivity contribution in [3.8, 4) is 0 Å². The van der Waals surface area contributed by atoms with Gasteiger partial charge in [-0.2, -0.15) is 0 Å². The minimum Gasteiger partial charge on any atom is -0.390 e. The highest BCUT2D eigenvalue weighted by atomic mass is 16.3. The molecule has 156 valence electrons.